The van der Waals surface area contributed by atoms with Crippen LogP contribution in [0.15, 0.2) is 18.2 Å². The third-order valence-corrected chi connectivity index (χ3v) is 3.49. The van der Waals surface area contributed by atoms with Gasteiger partial charge in [-0.15, -0.1) is 0 Å². The molecule has 0 heterocycles. The Kier molecular flexibility index (Phi) is 4.23. The van der Waals surface area contributed by atoms with Gasteiger partial charge in [0.2, 0.25) is 0 Å². The van der Waals surface area contributed by atoms with Gasteiger partial charge in [-0.05, 0) is 43.7 Å². The monoisotopic (exact) mass is 250 g/mol. The molecule has 1 unspecified atom stereocenters. The molecule has 3 heteroatoms. The van der Waals surface area contributed by atoms with E-state index in [1.807, 2.05) is 13.0 Å². The van der Waals surface area contributed by atoms with E-state index in [2.05, 4.69) is 11.8 Å². The molecular weight excluding hydrogens is 227 g/mol. The third kappa shape index (κ3) is 3.02. The number of benzene rings is 1. The molecule has 1 atom stereocenters. The lowest BCUT2D eigenvalue weighted by Gasteiger charge is -2.28. The van der Waals surface area contributed by atoms with E-state index in [0.29, 0.717) is 0 Å². The molecule has 0 spiro atoms. The molecule has 1 aliphatic carbocycles. The van der Waals surface area contributed by atoms with Gasteiger partial charge in [0.05, 0.1) is 5.69 Å². The Morgan fingerprint density at radius 1 is 1.44 bits per heavy atom. The minimum absolute atomic E-state index is 0.130. The molecule has 18 heavy (non-hydrogen) atoms. The summed E-state index contributed by atoms with van der Waals surface area (Å²) in [5, 5.41) is 0. The highest BCUT2D eigenvalue weighted by Gasteiger charge is 2.26. The van der Waals surface area contributed by atoms with Gasteiger partial charge in [-0.25, -0.2) is 4.39 Å². The summed E-state index contributed by atoms with van der Waals surface area (Å²) >= 11 is 0. The summed E-state index contributed by atoms with van der Waals surface area (Å²) in [5.41, 5.74) is 7.61. The van der Waals surface area contributed by atoms with Crippen LogP contribution < -0.4 is 10.6 Å². The van der Waals surface area contributed by atoms with Crippen LogP contribution >= 0.6 is 0 Å². The van der Waals surface area contributed by atoms with Crippen molar-refractivity contribution in [3.8, 4) is 0 Å². The highest BCUT2D eigenvalue weighted by Crippen LogP contribution is 2.34. The molecule has 0 aromatic heterocycles. The Morgan fingerprint density at radius 3 is 2.72 bits per heavy atom. The molecule has 1 fully saturated rings. The summed E-state index contributed by atoms with van der Waals surface area (Å²) in [6.07, 6.45) is 3.59. The second-order valence-electron chi connectivity index (χ2n) is 5.36. The van der Waals surface area contributed by atoms with Gasteiger partial charge in [0.1, 0.15) is 5.82 Å². The van der Waals surface area contributed by atoms with E-state index >= 15 is 0 Å². The zero-order valence-corrected chi connectivity index (χ0v) is 11.3. The molecule has 2 nitrogen and oxygen atoms in total. The molecule has 0 saturated heterocycles. The second-order valence-corrected chi connectivity index (χ2v) is 5.36. The van der Waals surface area contributed by atoms with E-state index < -0.39 is 0 Å². The van der Waals surface area contributed by atoms with Crippen molar-refractivity contribution in [2.75, 3.05) is 18.0 Å². The van der Waals surface area contributed by atoms with Crippen LogP contribution in [0.5, 0.6) is 0 Å². The molecule has 0 bridgehead atoms. The maximum absolute atomic E-state index is 14.2. The van der Waals surface area contributed by atoms with Crippen molar-refractivity contribution in [1.82, 2.24) is 0 Å². The quantitative estimate of drug-likeness (QED) is 0.837. The van der Waals surface area contributed by atoms with Gasteiger partial charge in [-0.1, -0.05) is 19.1 Å². The maximum Gasteiger partial charge on any atom is 0.146 e. The standard InChI is InChI=1S/C15H23FN2/c1-3-9-18(10-12-7-8-12)15-13(11(2)17)5-4-6-14(15)16/h4-6,11-12H,3,7-10,17H2,1-2H3. The average Bonchev–Trinajstić information content (AvgIpc) is 3.12. The summed E-state index contributed by atoms with van der Waals surface area (Å²) in [4.78, 5) is 2.19. The van der Waals surface area contributed by atoms with Gasteiger partial charge in [0.25, 0.3) is 0 Å². The predicted molar refractivity (Wildman–Crippen MR) is 74.2 cm³/mol. The summed E-state index contributed by atoms with van der Waals surface area (Å²) in [6.45, 7) is 5.91. The molecule has 0 radical (unpaired) electrons. The SMILES string of the molecule is CCCN(CC1CC1)c1c(F)cccc1C(C)N. The van der Waals surface area contributed by atoms with Gasteiger partial charge in [-0.2, -0.15) is 0 Å². The van der Waals surface area contributed by atoms with Crippen molar-refractivity contribution in [3.63, 3.8) is 0 Å². The highest BCUT2D eigenvalue weighted by molar-refractivity contribution is 5.56. The van der Waals surface area contributed by atoms with Crippen LogP contribution in [-0.4, -0.2) is 13.1 Å². The van der Waals surface area contributed by atoms with Crippen LogP contribution in [0, 0.1) is 11.7 Å². The smallest absolute Gasteiger partial charge is 0.146 e. The maximum atomic E-state index is 14.2. The summed E-state index contributed by atoms with van der Waals surface area (Å²) in [7, 11) is 0. The number of nitrogens with zero attached hydrogens (tertiary/aromatic N) is 1. The normalized spacial score (nSPS) is 16.7. The summed E-state index contributed by atoms with van der Waals surface area (Å²) in [6, 6.07) is 5.10. The fourth-order valence-electron chi connectivity index (χ4n) is 2.41. The van der Waals surface area contributed by atoms with Crippen molar-refractivity contribution in [3.05, 3.63) is 29.6 Å². The van der Waals surface area contributed by atoms with Gasteiger partial charge >= 0.3 is 0 Å². The van der Waals surface area contributed by atoms with Crippen molar-refractivity contribution in [2.45, 2.75) is 39.2 Å². The molecule has 2 rings (SSSR count). The Hall–Kier alpha value is -1.09. The molecule has 1 aromatic carbocycles. The lowest BCUT2D eigenvalue weighted by atomic mass is 10.0. The Labute approximate surface area is 109 Å². The van der Waals surface area contributed by atoms with Crippen LogP contribution in [0.2, 0.25) is 0 Å². The number of anilines is 1. The minimum atomic E-state index is -0.140. The molecule has 1 saturated carbocycles. The third-order valence-electron chi connectivity index (χ3n) is 3.49. The molecule has 100 valence electrons. The van der Waals surface area contributed by atoms with Crippen LogP contribution in [0.4, 0.5) is 10.1 Å². The molecule has 0 aliphatic heterocycles. The number of para-hydroxylation sites is 1. The Morgan fingerprint density at radius 2 is 2.17 bits per heavy atom. The first-order valence-corrected chi connectivity index (χ1v) is 6.92. The molecule has 2 N–H and O–H groups in total. The first-order valence-electron chi connectivity index (χ1n) is 6.92. The molecule has 0 amide bonds. The van der Waals surface area contributed by atoms with Gasteiger partial charge in [0, 0.05) is 19.1 Å². The second kappa shape index (κ2) is 5.70. The van der Waals surface area contributed by atoms with Crippen molar-refractivity contribution in [2.24, 2.45) is 11.7 Å². The first-order chi connectivity index (χ1) is 8.63. The van der Waals surface area contributed by atoms with Gasteiger partial charge in [-0.3, -0.25) is 0 Å². The zero-order valence-electron chi connectivity index (χ0n) is 11.3. The van der Waals surface area contributed by atoms with Crippen LogP contribution in [0.25, 0.3) is 0 Å². The van der Waals surface area contributed by atoms with Crippen molar-refractivity contribution < 1.29 is 4.39 Å². The fraction of sp³-hybridized carbons (Fsp3) is 0.600. The summed E-state index contributed by atoms with van der Waals surface area (Å²) < 4.78 is 14.2. The van der Waals surface area contributed by atoms with Crippen LogP contribution in [0.1, 0.15) is 44.7 Å². The Balaban J connectivity index is 2.31. The van der Waals surface area contributed by atoms with Crippen molar-refractivity contribution >= 4 is 5.69 Å². The number of hydrogen-bond donors (Lipinski definition) is 1. The largest absolute Gasteiger partial charge is 0.369 e. The molecular formula is C15H23FN2. The van der Waals surface area contributed by atoms with E-state index in [9.17, 15) is 4.39 Å². The van der Waals surface area contributed by atoms with Crippen molar-refractivity contribution in [1.29, 1.82) is 0 Å². The fourth-order valence-corrected chi connectivity index (χ4v) is 2.41. The number of rotatable bonds is 6. The number of hydrogen-bond acceptors (Lipinski definition) is 2. The highest BCUT2D eigenvalue weighted by atomic mass is 19.1. The van der Waals surface area contributed by atoms with E-state index in [0.717, 1.165) is 36.7 Å². The van der Waals surface area contributed by atoms with E-state index in [1.165, 1.54) is 18.9 Å². The number of nitrogens with two attached hydrogens (primary N) is 1. The zero-order chi connectivity index (χ0) is 13.1. The number of halogens is 1. The summed E-state index contributed by atoms with van der Waals surface area (Å²) in [5.74, 6) is 0.607. The van der Waals surface area contributed by atoms with E-state index in [1.54, 1.807) is 6.07 Å². The van der Waals surface area contributed by atoms with Crippen LogP contribution in [-0.2, 0) is 0 Å². The lowest BCUT2D eigenvalue weighted by Crippen LogP contribution is -2.29. The molecule has 1 aromatic rings. The first kappa shape index (κ1) is 13.3. The van der Waals surface area contributed by atoms with Crippen LogP contribution in [0.3, 0.4) is 0 Å². The topological polar surface area (TPSA) is 29.3 Å². The van der Waals surface area contributed by atoms with E-state index in [-0.39, 0.29) is 11.9 Å². The lowest BCUT2D eigenvalue weighted by molar-refractivity contribution is 0.601. The average molecular weight is 250 g/mol. The molecule has 1 aliphatic rings. The van der Waals surface area contributed by atoms with Gasteiger partial charge < -0.3 is 10.6 Å². The van der Waals surface area contributed by atoms with E-state index in [4.69, 9.17) is 5.73 Å². The minimum Gasteiger partial charge on any atom is -0.369 e. The van der Waals surface area contributed by atoms with Gasteiger partial charge in [0.15, 0.2) is 0 Å². The predicted octanol–water partition coefficient (Wildman–Crippen LogP) is 3.47. The Bertz CT molecular complexity index is 399.